The Kier molecular flexibility index (Phi) is 5.37. The topological polar surface area (TPSA) is 40.2 Å². The summed E-state index contributed by atoms with van der Waals surface area (Å²) in [7, 11) is 0. The van der Waals surface area contributed by atoms with Gasteiger partial charge in [0.05, 0.1) is 17.1 Å². The second-order valence-electron chi connectivity index (χ2n) is 6.59. The lowest BCUT2D eigenvalue weighted by molar-refractivity contribution is 0.515. The van der Waals surface area contributed by atoms with Gasteiger partial charge < -0.3 is 10.3 Å². The normalized spacial score (nSPS) is 21.7. The number of H-pyrrole nitrogens is 1. The monoisotopic (exact) mass is 311 g/mol. The minimum Gasteiger partial charge on any atom is -0.386 e. The molecule has 0 bridgehead atoms. The van der Waals surface area contributed by atoms with Crippen LogP contribution in [0.1, 0.15) is 70.9 Å². The summed E-state index contributed by atoms with van der Waals surface area (Å²) in [6, 6.07) is 4.78. The van der Waals surface area contributed by atoms with E-state index >= 15 is 0 Å². The molecule has 0 spiro atoms. The Bertz CT molecular complexity index is 597. The maximum Gasteiger partial charge on any atom is 0.0907 e. The summed E-state index contributed by atoms with van der Waals surface area (Å²) in [4.78, 5) is 8.26. The van der Waals surface area contributed by atoms with E-state index in [1.807, 2.05) is 12.3 Å². The van der Waals surface area contributed by atoms with E-state index in [-0.39, 0.29) is 0 Å². The smallest absolute Gasteiger partial charge is 0.0907 e. The van der Waals surface area contributed by atoms with Crippen LogP contribution in [0.3, 0.4) is 0 Å². The van der Waals surface area contributed by atoms with Crippen molar-refractivity contribution in [3.63, 3.8) is 0 Å². The zero-order valence-electron chi connectivity index (χ0n) is 14.5. The number of nitrogens with zero attached hydrogens (tertiary/aromatic N) is 1. The summed E-state index contributed by atoms with van der Waals surface area (Å²) in [5.41, 5.74) is 6.19. The molecule has 1 aliphatic carbocycles. The van der Waals surface area contributed by atoms with Gasteiger partial charge in [-0.05, 0) is 49.0 Å². The van der Waals surface area contributed by atoms with E-state index in [1.165, 1.54) is 49.7 Å². The van der Waals surface area contributed by atoms with E-state index in [9.17, 15) is 0 Å². The van der Waals surface area contributed by atoms with Crippen LogP contribution < -0.4 is 5.32 Å². The number of nitrogens with one attached hydrogen (secondary N) is 2. The van der Waals surface area contributed by atoms with Crippen molar-refractivity contribution in [3.05, 3.63) is 47.1 Å². The molecule has 0 radical (unpaired) electrons. The van der Waals surface area contributed by atoms with E-state index in [4.69, 9.17) is 4.99 Å². The molecule has 1 saturated carbocycles. The number of aromatic amines is 1. The van der Waals surface area contributed by atoms with E-state index < -0.39 is 0 Å². The number of allylic oxidation sites excluding steroid dienone is 2. The Morgan fingerprint density at radius 2 is 1.87 bits per heavy atom. The van der Waals surface area contributed by atoms with Gasteiger partial charge >= 0.3 is 0 Å². The van der Waals surface area contributed by atoms with Gasteiger partial charge in [0.1, 0.15) is 0 Å². The summed E-state index contributed by atoms with van der Waals surface area (Å²) in [6.07, 6.45) is 14.3. The molecule has 2 heterocycles. The molecule has 0 aromatic carbocycles. The number of hydrogen-bond acceptors (Lipinski definition) is 2. The SMILES string of the molecule is CCC1=C(CC)/C(=C\NC2CCCCCC2)N=C1c1ccc[nH]1. The van der Waals surface area contributed by atoms with Gasteiger partial charge in [-0.3, -0.25) is 0 Å². The highest BCUT2D eigenvalue weighted by molar-refractivity contribution is 6.14. The lowest BCUT2D eigenvalue weighted by Crippen LogP contribution is -2.23. The van der Waals surface area contributed by atoms with Crippen LogP contribution in [0.15, 0.2) is 46.4 Å². The third-order valence-corrected chi connectivity index (χ3v) is 5.06. The summed E-state index contributed by atoms with van der Waals surface area (Å²) >= 11 is 0. The van der Waals surface area contributed by atoms with Gasteiger partial charge in [0, 0.05) is 18.4 Å². The molecule has 1 aliphatic heterocycles. The Hall–Kier alpha value is -1.77. The largest absolute Gasteiger partial charge is 0.386 e. The molecule has 3 heteroatoms. The Labute approximate surface area is 140 Å². The van der Waals surface area contributed by atoms with E-state index in [0.717, 1.165) is 29.9 Å². The first-order valence-corrected chi connectivity index (χ1v) is 9.25. The number of aromatic nitrogens is 1. The molecule has 0 amide bonds. The number of aliphatic imine (C=N–C) groups is 1. The Morgan fingerprint density at radius 3 is 2.48 bits per heavy atom. The highest BCUT2D eigenvalue weighted by Gasteiger charge is 2.23. The van der Waals surface area contributed by atoms with Gasteiger partial charge in [0.15, 0.2) is 0 Å². The second kappa shape index (κ2) is 7.67. The molecule has 3 nitrogen and oxygen atoms in total. The minimum absolute atomic E-state index is 0.623. The standard InChI is InChI=1S/C20H29N3/c1-3-16-17(4-2)20(18-12-9-13-21-18)23-19(16)14-22-15-10-7-5-6-8-11-15/h9,12-15,21-22H,3-8,10-11H2,1-2H3/b19-14+. The van der Waals surface area contributed by atoms with Gasteiger partial charge in [-0.25, -0.2) is 4.99 Å². The zero-order chi connectivity index (χ0) is 16.1. The third-order valence-electron chi connectivity index (χ3n) is 5.06. The van der Waals surface area contributed by atoms with E-state index in [2.05, 4.69) is 36.4 Å². The summed E-state index contributed by atoms with van der Waals surface area (Å²) in [5.74, 6) is 0. The van der Waals surface area contributed by atoms with Crippen LogP contribution in [0, 0.1) is 0 Å². The van der Waals surface area contributed by atoms with Crippen LogP contribution in [0.25, 0.3) is 0 Å². The van der Waals surface area contributed by atoms with Crippen molar-refractivity contribution in [1.82, 2.24) is 10.3 Å². The van der Waals surface area contributed by atoms with Crippen LogP contribution in [0.4, 0.5) is 0 Å². The second-order valence-corrected chi connectivity index (χ2v) is 6.59. The lowest BCUT2D eigenvalue weighted by atomic mass is 9.99. The van der Waals surface area contributed by atoms with E-state index in [0.29, 0.717) is 6.04 Å². The molecule has 0 saturated heterocycles. The van der Waals surface area contributed by atoms with Crippen molar-refractivity contribution in [2.24, 2.45) is 4.99 Å². The molecule has 2 N–H and O–H groups in total. The minimum atomic E-state index is 0.623. The Balaban J connectivity index is 1.82. The van der Waals surface area contributed by atoms with Crippen molar-refractivity contribution in [2.45, 2.75) is 71.3 Å². The lowest BCUT2D eigenvalue weighted by Gasteiger charge is -2.15. The van der Waals surface area contributed by atoms with Crippen LogP contribution in [0.2, 0.25) is 0 Å². The average molecular weight is 311 g/mol. The zero-order valence-corrected chi connectivity index (χ0v) is 14.5. The van der Waals surface area contributed by atoms with Gasteiger partial charge in [-0.2, -0.15) is 0 Å². The summed E-state index contributed by atoms with van der Waals surface area (Å²) < 4.78 is 0. The molecule has 2 aliphatic rings. The maximum atomic E-state index is 4.95. The molecule has 124 valence electrons. The molecule has 1 aromatic rings. The fourth-order valence-corrected chi connectivity index (χ4v) is 3.79. The van der Waals surface area contributed by atoms with Gasteiger partial charge in [-0.15, -0.1) is 0 Å². The van der Waals surface area contributed by atoms with Crippen LogP contribution in [-0.4, -0.2) is 16.7 Å². The first-order valence-electron chi connectivity index (χ1n) is 9.25. The van der Waals surface area contributed by atoms with Gasteiger partial charge in [0.2, 0.25) is 0 Å². The van der Waals surface area contributed by atoms with Crippen molar-refractivity contribution in [2.75, 3.05) is 0 Å². The molecule has 3 rings (SSSR count). The first kappa shape index (κ1) is 16.1. The Morgan fingerprint density at radius 1 is 1.13 bits per heavy atom. The third kappa shape index (κ3) is 3.60. The molecule has 23 heavy (non-hydrogen) atoms. The first-order chi connectivity index (χ1) is 11.3. The number of hydrogen-bond donors (Lipinski definition) is 2. The molecule has 0 atom stereocenters. The summed E-state index contributed by atoms with van der Waals surface area (Å²) in [6.45, 7) is 4.46. The maximum absolute atomic E-state index is 4.95. The predicted molar refractivity (Wildman–Crippen MR) is 97.6 cm³/mol. The average Bonchev–Trinajstić information content (AvgIpc) is 3.13. The van der Waals surface area contributed by atoms with Crippen molar-refractivity contribution in [3.8, 4) is 0 Å². The van der Waals surface area contributed by atoms with Crippen LogP contribution >= 0.6 is 0 Å². The highest BCUT2D eigenvalue weighted by Crippen LogP contribution is 2.32. The quantitative estimate of drug-likeness (QED) is 0.731. The molecular formula is C20H29N3. The van der Waals surface area contributed by atoms with Crippen molar-refractivity contribution < 1.29 is 0 Å². The fraction of sp³-hybridized carbons (Fsp3) is 0.550. The van der Waals surface area contributed by atoms with Crippen LogP contribution in [-0.2, 0) is 0 Å². The van der Waals surface area contributed by atoms with Crippen molar-refractivity contribution >= 4 is 5.71 Å². The predicted octanol–water partition coefficient (Wildman–Crippen LogP) is 5.09. The van der Waals surface area contributed by atoms with Crippen LogP contribution in [0.5, 0.6) is 0 Å². The fourth-order valence-electron chi connectivity index (χ4n) is 3.79. The molecular weight excluding hydrogens is 282 g/mol. The van der Waals surface area contributed by atoms with Crippen molar-refractivity contribution in [1.29, 1.82) is 0 Å². The molecule has 0 unspecified atom stereocenters. The molecule has 1 fully saturated rings. The number of rotatable bonds is 5. The van der Waals surface area contributed by atoms with Gasteiger partial charge in [-0.1, -0.05) is 39.5 Å². The summed E-state index contributed by atoms with van der Waals surface area (Å²) in [5, 5.41) is 3.66. The molecule has 1 aromatic heterocycles. The highest BCUT2D eigenvalue weighted by atomic mass is 14.9. The van der Waals surface area contributed by atoms with Gasteiger partial charge in [0.25, 0.3) is 0 Å². The van der Waals surface area contributed by atoms with E-state index in [1.54, 1.807) is 0 Å².